The first-order chi connectivity index (χ1) is 9.20. The third-order valence-electron chi connectivity index (χ3n) is 3.40. The van der Waals surface area contributed by atoms with Crippen LogP contribution in [-0.4, -0.2) is 22.1 Å². The van der Waals surface area contributed by atoms with E-state index in [1.165, 1.54) is 16.3 Å². The number of nitrogens with zero attached hydrogens (tertiary/aromatic N) is 2. The first-order valence-corrected chi connectivity index (χ1v) is 7.85. The molecule has 3 nitrogen and oxygen atoms in total. The molecule has 4 heteroatoms. The van der Waals surface area contributed by atoms with Crippen LogP contribution in [0.3, 0.4) is 0 Å². The van der Waals surface area contributed by atoms with E-state index in [9.17, 15) is 0 Å². The van der Waals surface area contributed by atoms with Crippen LogP contribution >= 0.6 is 11.3 Å². The van der Waals surface area contributed by atoms with Gasteiger partial charge in [0.2, 0.25) is 0 Å². The molecule has 0 bridgehead atoms. The Kier molecular flexibility index (Phi) is 5.16. The van der Waals surface area contributed by atoms with Gasteiger partial charge in [-0.05, 0) is 37.3 Å². The number of hydrogen-bond acceptors (Lipinski definition) is 3. The summed E-state index contributed by atoms with van der Waals surface area (Å²) in [6.45, 7) is 8.61. The molecule has 2 heterocycles. The SMILES string of the molecule is CCc1nccn1CC(C)NCCc1sccc1C. The first kappa shape index (κ1) is 14.3. The molecule has 0 aromatic carbocycles. The normalized spacial score (nSPS) is 12.8. The lowest BCUT2D eigenvalue weighted by Gasteiger charge is -2.15. The Morgan fingerprint density at radius 1 is 1.47 bits per heavy atom. The van der Waals surface area contributed by atoms with Crippen LogP contribution < -0.4 is 5.32 Å². The number of rotatable bonds is 7. The quantitative estimate of drug-likeness (QED) is 0.843. The molecule has 0 saturated heterocycles. The third-order valence-corrected chi connectivity index (χ3v) is 4.48. The van der Waals surface area contributed by atoms with Crippen LogP contribution in [0, 0.1) is 6.92 Å². The molecule has 0 amide bonds. The van der Waals surface area contributed by atoms with E-state index in [-0.39, 0.29) is 0 Å². The summed E-state index contributed by atoms with van der Waals surface area (Å²) in [6.07, 6.45) is 6.08. The van der Waals surface area contributed by atoms with Gasteiger partial charge in [0.1, 0.15) is 5.82 Å². The molecule has 2 rings (SSSR count). The van der Waals surface area contributed by atoms with Gasteiger partial charge in [0.25, 0.3) is 0 Å². The lowest BCUT2D eigenvalue weighted by molar-refractivity contribution is 0.472. The van der Waals surface area contributed by atoms with Crippen molar-refractivity contribution in [1.82, 2.24) is 14.9 Å². The van der Waals surface area contributed by atoms with Crippen molar-refractivity contribution in [3.63, 3.8) is 0 Å². The molecule has 1 unspecified atom stereocenters. The van der Waals surface area contributed by atoms with Crippen LogP contribution in [0.1, 0.15) is 30.1 Å². The highest BCUT2D eigenvalue weighted by atomic mass is 32.1. The second kappa shape index (κ2) is 6.87. The first-order valence-electron chi connectivity index (χ1n) is 6.97. The summed E-state index contributed by atoms with van der Waals surface area (Å²) in [5.41, 5.74) is 1.42. The molecule has 0 aliphatic heterocycles. The minimum Gasteiger partial charge on any atom is -0.333 e. The van der Waals surface area contributed by atoms with Crippen molar-refractivity contribution in [3.05, 3.63) is 40.1 Å². The fourth-order valence-electron chi connectivity index (χ4n) is 2.27. The van der Waals surface area contributed by atoms with Crippen LogP contribution in [0.25, 0.3) is 0 Å². The molecular formula is C15H23N3S. The van der Waals surface area contributed by atoms with Gasteiger partial charge in [0.05, 0.1) is 0 Å². The van der Waals surface area contributed by atoms with Crippen molar-refractivity contribution in [3.8, 4) is 0 Å². The molecule has 0 aliphatic carbocycles. The summed E-state index contributed by atoms with van der Waals surface area (Å²) < 4.78 is 2.24. The number of aromatic nitrogens is 2. The number of nitrogens with one attached hydrogen (secondary N) is 1. The Labute approximate surface area is 119 Å². The van der Waals surface area contributed by atoms with Crippen LogP contribution in [0.2, 0.25) is 0 Å². The van der Waals surface area contributed by atoms with Crippen molar-refractivity contribution >= 4 is 11.3 Å². The van der Waals surface area contributed by atoms with Crippen molar-refractivity contribution in [2.75, 3.05) is 6.54 Å². The van der Waals surface area contributed by atoms with Crippen molar-refractivity contribution in [2.45, 2.75) is 46.2 Å². The average Bonchev–Trinajstić information content (AvgIpc) is 2.99. The topological polar surface area (TPSA) is 29.9 Å². The maximum Gasteiger partial charge on any atom is 0.108 e. The van der Waals surface area contributed by atoms with Crippen LogP contribution in [0.5, 0.6) is 0 Å². The maximum absolute atomic E-state index is 4.36. The Bertz CT molecular complexity index is 501. The molecule has 2 aromatic rings. The monoisotopic (exact) mass is 277 g/mol. The van der Waals surface area contributed by atoms with E-state index in [0.29, 0.717) is 6.04 Å². The number of aryl methyl sites for hydroxylation is 2. The van der Waals surface area contributed by atoms with E-state index in [2.05, 4.69) is 53.3 Å². The minimum atomic E-state index is 0.472. The number of thiophene rings is 1. The fraction of sp³-hybridized carbons (Fsp3) is 0.533. The summed E-state index contributed by atoms with van der Waals surface area (Å²) in [7, 11) is 0. The summed E-state index contributed by atoms with van der Waals surface area (Å²) in [5, 5.41) is 5.77. The Balaban J connectivity index is 1.76. The van der Waals surface area contributed by atoms with Gasteiger partial charge in [-0.3, -0.25) is 0 Å². The van der Waals surface area contributed by atoms with Gasteiger partial charge >= 0.3 is 0 Å². The van der Waals surface area contributed by atoms with E-state index < -0.39 is 0 Å². The predicted molar refractivity (Wildman–Crippen MR) is 81.8 cm³/mol. The molecule has 104 valence electrons. The summed E-state index contributed by atoms with van der Waals surface area (Å²) in [4.78, 5) is 5.85. The van der Waals surface area contributed by atoms with Gasteiger partial charge < -0.3 is 9.88 Å². The van der Waals surface area contributed by atoms with Crippen molar-refractivity contribution < 1.29 is 0 Å². The highest BCUT2D eigenvalue weighted by Gasteiger charge is 2.06. The molecule has 1 N–H and O–H groups in total. The average molecular weight is 277 g/mol. The van der Waals surface area contributed by atoms with E-state index in [1.54, 1.807) is 0 Å². The molecule has 1 atom stereocenters. The lowest BCUT2D eigenvalue weighted by atomic mass is 10.2. The van der Waals surface area contributed by atoms with Crippen molar-refractivity contribution in [1.29, 1.82) is 0 Å². The van der Waals surface area contributed by atoms with E-state index in [1.807, 2.05) is 17.5 Å². The second-order valence-corrected chi connectivity index (χ2v) is 5.98. The minimum absolute atomic E-state index is 0.472. The van der Waals surface area contributed by atoms with E-state index >= 15 is 0 Å². The van der Waals surface area contributed by atoms with E-state index in [4.69, 9.17) is 0 Å². The van der Waals surface area contributed by atoms with Crippen LogP contribution in [0.4, 0.5) is 0 Å². The predicted octanol–water partition coefficient (Wildman–Crippen LogP) is 3.04. The third kappa shape index (κ3) is 3.91. The Hall–Kier alpha value is -1.13. The largest absolute Gasteiger partial charge is 0.333 e. The van der Waals surface area contributed by atoms with Crippen LogP contribution in [0.15, 0.2) is 23.8 Å². The molecule has 0 radical (unpaired) electrons. The van der Waals surface area contributed by atoms with Gasteiger partial charge in [-0.2, -0.15) is 0 Å². The van der Waals surface area contributed by atoms with E-state index in [0.717, 1.165) is 25.9 Å². The number of hydrogen-bond donors (Lipinski definition) is 1. The molecule has 0 spiro atoms. The maximum atomic E-state index is 4.36. The highest BCUT2D eigenvalue weighted by Crippen LogP contribution is 2.15. The molecular weight excluding hydrogens is 254 g/mol. The zero-order chi connectivity index (χ0) is 13.7. The highest BCUT2D eigenvalue weighted by molar-refractivity contribution is 7.10. The second-order valence-electron chi connectivity index (χ2n) is 4.98. The van der Waals surface area contributed by atoms with Gasteiger partial charge in [-0.25, -0.2) is 4.98 Å². The molecule has 0 saturated carbocycles. The summed E-state index contributed by atoms with van der Waals surface area (Å²) >= 11 is 1.86. The van der Waals surface area contributed by atoms with Gasteiger partial charge in [0, 0.05) is 42.8 Å². The fourth-order valence-corrected chi connectivity index (χ4v) is 3.18. The molecule has 0 fully saturated rings. The van der Waals surface area contributed by atoms with Gasteiger partial charge in [-0.15, -0.1) is 11.3 Å². The van der Waals surface area contributed by atoms with Gasteiger partial charge in [0.15, 0.2) is 0 Å². The Morgan fingerprint density at radius 3 is 3.00 bits per heavy atom. The Morgan fingerprint density at radius 2 is 2.32 bits per heavy atom. The summed E-state index contributed by atoms with van der Waals surface area (Å²) in [6, 6.07) is 2.67. The summed E-state index contributed by atoms with van der Waals surface area (Å²) in [5.74, 6) is 1.17. The number of imidazole rings is 1. The molecule has 0 aliphatic rings. The zero-order valence-corrected chi connectivity index (χ0v) is 12.8. The molecule has 19 heavy (non-hydrogen) atoms. The standard InChI is InChI=1S/C15H23N3S/c1-4-15-17-8-9-18(15)11-13(3)16-7-5-14-12(2)6-10-19-14/h6,8-10,13,16H,4-5,7,11H2,1-3H3. The van der Waals surface area contributed by atoms with Crippen molar-refractivity contribution in [2.24, 2.45) is 0 Å². The smallest absolute Gasteiger partial charge is 0.108 e. The zero-order valence-electron chi connectivity index (χ0n) is 12.0. The van der Waals surface area contributed by atoms with Crippen LogP contribution in [-0.2, 0) is 19.4 Å². The molecule has 2 aromatic heterocycles. The lowest BCUT2D eigenvalue weighted by Crippen LogP contribution is -2.32. The van der Waals surface area contributed by atoms with Gasteiger partial charge in [-0.1, -0.05) is 6.92 Å².